The first-order valence-electron chi connectivity index (χ1n) is 10.4. The number of nitrogens with zero attached hydrogens (tertiary/aromatic N) is 1. The van der Waals surface area contributed by atoms with E-state index in [-0.39, 0.29) is 12.3 Å². The Labute approximate surface area is 174 Å². The Bertz CT molecular complexity index is 822. The van der Waals surface area contributed by atoms with E-state index in [2.05, 4.69) is 35.3 Å². The van der Waals surface area contributed by atoms with Crippen LogP contribution in [0.2, 0.25) is 0 Å². The van der Waals surface area contributed by atoms with E-state index in [1.807, 2.05) is 18.2 Å². The normalized spacial score (nSPS) is 17.0. The first kappa shape index (κ1) is 21.2. The molecule has 156 valence electrons. The Hall–Kier alpha value is -2.53. The van der Waals surface area contributed by atoms with Crippen LogP contribution in [-0.4, -0.2) is 38.1 Å². The van der Waals surface area contributed by atoms with Crippen molar-refractivity contribution in [2.45, 2.75) is 39.3 Å². The summed E-state index contributed by atoms with van der Waals surface area (Å²) in [5, 5.41) is 3.07. The van der Waals surface area contributed by atoms with Gasteiger partial charge in [-0.3, -0.25) is 9.69 Å². The molecule has 29 heavy (non-hydrogen) atoms. The van der Waals surface area contributed by atoms with Crippen molar-refractivity contribution in [2.75, 3.05) is 27.3 Å². The van der Waals surface area contributed by atoms with E-state index in [0.717, 1.165) is 31.1 Å². The molecule has 1 unspecified atom stereocenters. The molecule has 0 radical (unpaired) electrons. The zero-order valence-corrected chi connectivity index (χ0v) is 17.7. The van der Waals surface area contributed by atoms with Gasteiger partial charge < -0.3 is 14.8 Å². The molecule has 5 heteroatoms. The topological polar surface area (TPSA) is 50.8 Å². The van der Waals surface area contributed by atoms with E-state index in [1.165, 1.54) is 24.0 Å². The van der Waals surface area contributed by atoms with Crippen LogP contribution in [0.15, 0.2) is 42.5 Å². The Morgan fingerprint density at radius 2 is 1.90 bits per heavy atom. The summed E-state index contributed by atoms with van der Waals surface area (Å²) in [6.45, 7) is 6.12. The highest BCUT2D eigenvalue weighted by Crippen LogP contribution is 2.25. The number of ether oxygens (including phenoxy) is 2. The van der Waals surface area contributed by atoms with Crippen molar-refractivity contribution in [3.05, 3.63) is 59.2 Å². The summed E-state index contributed by atoms with van der Waals surface area (Å²) in [4.78, 5) is 15.1. The highest BCUT2D eigenvalue weighted by atomic mass is 16.5. The van der Waals surface area contributed by atoms with Gasteiger partial charge >= 0.3 is 0 Å². The minimum Gasteiger partial charge on any atom is -0.497 e. The van der Waals surface area contributed by atoms with E-state index >= 15 is 0 Å². The SMILES string of the molecule is COc1ccc(CC(=O)NCc2ccccc2CN2CCCC(C)C2)c(OC)c1. The second kappa shape index (κ2) is 10.3. The van der Waals surface area contributed by atoms with Crippen LogP contribution in [0, 0.1) is 5.92 Å². The first-order valence-corrected chi connectivity index (χ1v) is 10.4. The van der Waals surface area contributed by atoms with Gasteiger partial charge in [0, 0.05) is 31.3 Å². The molecule has 0 aliphatic carbocycles. The number of carbonyl (C=O) groups is 1. The van der Waals surface area contributed by atoms with Crippen molar-refractivity contribution >= 4 is 5.91 Å². The molecule has 0 saturated carbocycles. The summed E-state index contributed by atoms with van der Waals surface area (Å²) in [5.74, 6) is 2.12. The average molecular weight is 397 g/mol. The molecule has 1 aliphatic rings. The fraction of sp³-hybridized carbons (Fsp3) is 0.458. The molecule has 1 atom stereocenters. The highest BCUT2D eigenvalue weighted by Gasteiger charge is 2.17. The van der Waals surface area contributed by atoms with Gasteiger partial charge in [-0.15, -0.1) is 0 Å². The molecule has 0 spiro atoms. The smallest absolute Gasteiger partial charge is 0.224 e. The number of piperidine rings is 1. The van der Waals surface area contributed by atoms with Gasteiger partial charge in [0.1, 0.15) is 11.5 Å². The van der Waals surface area contributed by atoms with E-state index in [1.54, 1.807) is 20.3 Å². The molecule has 2 aromatic carbocycles. The van der Waals surface area contributed by atoms with Gasteiger partial charge in [0.15, 0.2) is 0 Å². The molecule has 5 nitrogen and oxygen atoms in total. The number of amides is 1. The number of hydrogen-bond acceptors (Lipinski definition) is 4. The summed E-state index contributed by atoms with van der Waals surface area (Å²) in [6, 6.07) is 13.9. The summed E-state index contributed by atoms with van der Waals surface area (Å²) >= 11 is 0. The number of likely N-dealkylation sites (tertiary alicyclic amines) is 1. The maximum absolute atomic E-state index is 12.5. The molecule has 2 aromatic rings. The van der Waals surface area contributed by atoms with Crippen LogP contribution in [0.4, 0.5) is 0 Å². The molecule has 1 amide bonds. The summed E-state index contributed by atoms with van der Waals surface area (Å²) in [6.07, 6.45) is 2.87. The number of methoxy groups -OCH3 is 2. The standard InChI is InChI=1S/C24H32N2O3/c1-18-7-6-12-26(16-18)17-21-9-5-4-8-20(21)15-25-24(27)13-19-10-11-22(28-2)14-23(19)29-3/h4-5,8-11,14,18H,6-7,12-13,15-17H2,1-3H3,(H,25,27). The lowest BCUT2D eigenvalue weighted by Crippen LogP contribution is -2.34. The van der Waals surface area contributed by atoms with Gasteiger partial charge in [-0.2, -0.15) is 0 Å². The number of benzene rings is 2. The van der Waals surface area contributed by atoms with Crippen LogP contribution >= 0.6 is 0 Å². The van der Waals surface area contributed by atoms with Crippen molar-refractivity contribution in [1.82, 2.24) is 10.2 Å². The van der Waals surface area contributed by atoms with Crippen molar-refractivity contribution in [3.8, 4) is 11.5 Å². The minimum atomic E-state index is -0.0186. The third-order valence-corrected chi connectivity index (χ3v) is 5.57. The van der Waals surface area contributed by atoms with Gasteiger partial charge in [0.25, 0.3) is 0 Å². The predicted octanol–water partition coefficient (Wildman–Crippen LogP) is 3.79. The molecule has 0 bridgehead atoms. The summed E-state index contributed by atoms with van der Waals surface area (Å²) in [7, 11) is 3.22. The highest BCUT2D eigenvalue weighted by molar-refractivity contribution is 5.79. The van der Waals surface area contributed by atoms with Crippen LogP contribution in [0.3, 0.4) is 0 Å². The number of nitrogens with one attached hydrogen (secondary N) is 1. The van der Waals surface area contributed by atoms with Crippen LogP contribution in [-0.2, 0) is 24.3 Å². The maximum Gasteiger partial charge on any atom is 0.224 e. The van der Waals surface area contributed by atoms with E-state index in [9.17, 15) is 4.79 Å². The third kappa shape index (κ3) is 5.97. The Morgan fingerprint density at radius 3 is 2.62 bits per heavy atom. The zero-order chi connectivity index (χ0) is 20.6. The maximum atomic E-state index is 12.5. The fourth-order valence-corrected chi connectivity index (χ4v) is 3.98. The van der Waals surface area contributed by atoms with Gasteiger partial charge in [-0.05, 0) is 42.5 Å². The zero-order valence-electron chi connectivity index (χ0n) is 17.7. The molecule has 1 N–H and O–H groups in total. The monoisotopic (exact) mass is 396 g/mol. The summed E-state index contributed by atoms with van der Waals surface area (Å²) < 4.78 is 10.6. The third-order valence-electron chi connectivity index (χ3n) is 5.57. The number of rotatable bonds is 8. The molecule has 1 aliphatic heterocycles. The molecule has 1 heterocycles. The minimum absolute atomic E-state index is 0.0186. The fourth-order valence-electron chi connectivity index (χ4n) is 3.98. The number of carbonyl (C=O) groups excluding carboxylic acids is 1. The van der Waals surface area contributed by atoms with Crippen molar-refractivity contribution < 1.29 is 14.3 Å². The van der Waals surface area contributed by atoms with Gasteiger partial charge in [0.2, 0.25) is 5.91 Å². The molecule has 0 aromatic heterocycles. The lowest BCUT2D eigenvalue weighted by atomic mass is 9.99. The van der Waals surface area contributed by atoms with Gasteiger partial charge in [0.05, 0.1) is 20.6 Å². The van der Waals surface area contributed by atoms with E-state index < -0.39 is 0 Å². The Morgan fingerprint density at radius 1 is 1.10 bits per heavy atom. The average Bonchev–Trinajstić information content (AvgIpc) is 2.73. The van der Waals surface area contributed by atoms with E-state index in [4.69, 9.17) is 9.47 Å². The van der Waals surface area contributed by atoms with Crippen molar-refractivity contribution in [1.29, 1.82) is 0 Å². The Balaban J connectivity index is 1.59. The van der Waals surface area contributed by atoms with Crippen molar-refractivity contribution in [3.63, 3.8) is 0 Å². The first-order chi connectivity index (χ1) is 14.1. The predicted molar refractivity (Wildman–Crippen MR) is 115 cm³/mol. The second-order valence-electron chi connectivity index (χ2n) is 7.88. The molecule has 1 saturated heterocycles. The van der Waals surface area contributed by atoms with E-state index in [0.29, 0.717) is 18.0 Å². The van der Waals surface area contributed by atoms with Crippen LogP contribution in [0.25, 0.3) is 0 Å². The van der Waals surface area contributed by atoms with Crippen LogP contribution in [0.5, 0.6) is 11.5 Å². The molecular formula is C24H32N2O3. The summed E-state index contributed by atoms with van der Waals surface area (Å²) in [5.41, 5.74) is 3.33. The van der Waals surface area contributed by atoms with Crippen LogP contribution in [0.1, 0.15) is 36.5 Å². The van der Waals surface area contributed by atoms with Gasteiger partial charge in [-0.25, -0.2) is 0 Å². The molecule has 1 fully saturated rings. The van der Waals surface area contributed by atoms with Crippen molar-refractivity contribution in [2.24, 2.45) is 5.92 Å². The second-order valence-corrected chi connectivity index (χ2v) is 7.88. The van der Waals surface area contributed by atoms with Gasteiger partial charge in [-0.1, -0.05) is 37.3 Å². The quantitative estimate of drug-likeness (QED) is 0.738. The largest absolute Gasteiger partial charge is 0.497 e. The van der Waals surface area contributed by atoms with Crippen LogP contribution < -0.4 is 14.8 Å². The Kier molecular flexibility index (Phi) is 7.53. The lowest BCUT2D eigenvalue weighted by Gasteiger charge is -2.31. The lowest BCUT2D eigenvalue weighted by molar-refractivity contribution is -0.120. The number of hydrogen-bond donors (Lipinski definition) is 1. The molecule has 3 rings (SSSR count). The molecular weight excluding hydrogens is 364 g/mol.